The zero-order valence-electron chi connectivity index (χ0n) is 17.6. The molecule has 166 valence electrons. The van der Waals surface area contributed by atoms with Gasteiger partial charge in [0, 0.05) is 23.8 Å². The second-order valence-electron chi connectivity index (χ2n) is 6.92. The summed E-state index contributed by atoms with van der Waals surface area (Å²) >= 11 is 5.96. The Labute approximate surface area is 188 Å². The molecule has 0 aliphatic rings. The summed E-state index contributed by atoms with van der Waals surface area (Å²) in [6, 6.07) is 11.7. The van der Waals surface area contributed by atoms with Crippen molar-refractivity contribution in [2.24, 2.45) is 0 Å². The predicted octanol–water partition coefficient (Wildman–Crippen LogP) is 3.05. The first-order valence-electron chi connectivity index (χ1n) is 9.46. The van der Waals surface area contributed by atoms with Gasteiger partial charge in [-0.3, -0.25) is 14.4 Å². The molecule has 32 heavy (non-hydrogen) atoms. The molecule has 8 nitrogen and oxygen atoms in total. The molecule has 1 aromatic heterocycles. The van der Waals surface area contributed by atoms with E-state index in [-0.39, 0.29) is 12.2 Å². The molecule has 10 heteroatoms. The van der Waals surface area contributed by atoms with Crippen molar-refractivity contribution in [1.29, 1.82) is 0 Å². The lowest BCUT2D eigenvalue weighted by molar-refractivity contribution is -0.116. The number of carbonyl (C=O) groups excluding carboxylic acids is 2. The number of amides is 2. The van der Waals surface area contributed by atoms with Gasteiger partial charge in [-0.15, -0.1) is 0 Å². The summed E-state index contributed by atoms with van der Waals surface area (Å²) in [5, 5.41) is 7.06. The van der Waals surface area contributed by atoms with Crippen LogP contribution in [-0.2, 0) is 4.79 Å². The molecule has 3 aromatic rings. The minimum Gasteiger partial charge on any atom is -0.495 e. The molecule has 1 N–H and O–H groups in total. The highest BCUT2D eigenvalue weighted by molar-refractivity contribution is 6.31. The Morgan fingerprint density at radius 1 is 1.22 bits per heavy atom. The Balaban J connectivity index is 1.82. The number of benzene rings is 2. The number of para-hydroxylation sites is 1. The maximum absolute atomic E-state index is 14.2. The third kappa shape index (κ3) is 4.94. The molecule has 0 saturated carbocycles. The molecule has 0 unspecified atom stereocenters. The quantitative estimate of drug-likeness (QED) is 0.612. The van der Waals surface area contributed by atoms with Crippen LogP contribution in [0, 0.1) is 12.7 Å². The fourth-order valence-corrected chi connectivity index (χ4v) is 3.17. The lowest BCUT2D eigenvalue weighted by atomic mass is 10.2. The van der Waals surface area contributed by atoms with Crippen LogP contribution in [-0.4, -0.2) is 47.2 Å². The van der Waals surface area contributed by atoms with Gasteiger partial charge in [-0.05, 0) is 37.3 Å². The van der Waals surface area contributed by atoms with Gasteiger partial charge in [-0.2, -0.15) is 5.10 Å². The van der Waals surface area contributed by atoms with Crippen LogP contribution in [0.2, 0.25) is 5.02 Å². The van der Waals surface area contributed by atoms with Crippen LogP contribution in [0.1, 0.15) is 16.2 Å². The lowest BCUT2D eigenvalue weighted by Crippen LogP contribution is -2.38. The summed E-state index contributed by atoms with van der Waals surface area (Å²) in [5.41, 5.74) is -0.294. The van der Waals surface area contributed by atoms with Crippen LogP contribution < -0.4 is 15.5 Å². The highest BCUT2D eigenvalue weighted by Crippen LogP contribution is 2.27. The van der Waals surface area contributed by atoms with Crippen molar-refractivity contribution < 1.29 is 18.7 Å². The van der Waals surface area contributed by atoms with Gasteiger partial charge in [0.15, 0.2) is 5.69 Å². The summed E-state index contributed by atoms with van der Waals surface area (Å²) in [7, 11) is 2.80. The standard InChI is InChI=1S/C22H20ClFN4O4/c1-13-10-18(29)21(26-28(13)17-7-5-4-6-15(17)24)22(31)27(2)12-20(30)25-16-11-14(23)8-9-19(16)32-3/h4-11H,12H2,1-3H3,(H,25,30). The average Bonchev–Trinajstić information content (AvgIpc) is 2.74. The highest BCUT2D eigenvalue weighted by atomic mass is 35.5. The average molecular weight is 459 g/mol. The van der Waals surface area contributed by atoms with Crippen molar-refractivity contribution in [2.45, 2.75) is 6.92 Å². The third-order valence-electron chi connectivity index (χ3n) is 4.55. The third-order valence-corrected chi connectivity index (χ3v) is 4.79. The van der Waals surface area contributed by atoms with E-state index in [9.17, 15) is 18.8 Å². The molecule has 0 atom stereocenters. The van der Waals surface area contributed by atoms with E-state index >= 15 is 0 Å². The number of carbonyl (C=O) groups is 2. The number of anilines is 1. The van der Waals surface area contributed by atoms with Gasteiger partial charge in [0.1, 0.15) is 17.3 Å². The number of aryl methyl sites for hydroxylation is 1. The molecule has 0 radical (unpaired) electrons. The maximum atomic E-state index is 14.2. The number of nitrogens with zero attached hydrogens (tertiary/aromatic N) is 3. The van der Waals surface area contributed by atoms with Crippen LogP contribution >= 0.6 is 11.6 Å². The molecule has 3 rings (SSSR count). The van der Waals surface area contributed by atoms with Crippen molar-refractivity contribution in [1.82, 2.24) is 14.7 Å². The Hall–Kier alpha value is -3.72. The summed E-state index contributed by atoms with van der Waals surface area (Å²) in [6.07, 6.45) is 0. The van der Waals surface area contributed by atoms with E-state index in [1.165, 1.54) is 49.2 Å². The van der Waals surface area contributed by atoms with Crippen molar-refractivity contribution >= 4 is 29.1 Å². The number of likely N-dealkylation sites (N-methyl/N-ethyl adjacent to an activating group) is 1. The minimum atomic E-state index is -0.784. The van der Waals surface area contributed by atoms with Crippen molar-refractivity contribution in [3.63, 3.8) is 0 Å². The Morgan fingerprint density at radius 2 is 1.94 bits per heavy atom. The van der Waals surface area contributed by atoms with Crippen molar-refractivity contribution in [2.75, 3.05) is 26.0 Å². The number of hydrogen-bond donors (Lipinski definition) is 1. The Morgan fingerprint density at radius 3 is 2.62 bits per heavy atom. The topological polar surface area (TPSA) is 93.5 Å². The number of rotatable bonds is 6. The zero-order valence-corrected chi connectivity index (χ0v) is 18.3. The number of ether oxygens (including phenoxy) is 1. The van der Waals surface area contributed by atoms with Crippen LogP contribution in [0.25, 0.3) is 5.69 Å². The van der Waals surface area contributed by atoms with Gasteiger partial charge < -0.3 is 15.0 Å². The zero-order chi connectivity index (χ0) is 23.4. The first-order valence-corrected chi connectivity index (χ1v) is 9.83. The molecule has 0 fully saturated rings. The second-order valence-corrected chi connectivity index (χ2v) is 7.35. The second kappa shape index (κ2) is 9.61. The molecule has 0 saturated heterocycles. The Kier molecular flexibility index (Phi) is 6.89. The molecular formula is C22H20ClFN4O4. The van der Waals surface area contributed by atoms with Gasteiger partial charge in [-0.25, -0.2) is 9.07 Å². The molecule has 2 amide bonds. The van der Waals surface area contributed by atoms with Gasteiger partial charge in [0.25, 0.3) is 5.91 Å². The van der Waals surface area contributed by atoms with Gasteiger partial charge >= 0.3 is 0 Å². The molecular weight excluding hydrogens is 439 g/mol. The number of methoxy groups -OCH3 is 1. The molecule has 1 heterocycles. The van der Waals surface area contributed by atoms with Gasteiger partial charge in [0.2, 0.25) is 11.3 Å². The summed E-state index contributed by atoms with van der Waals surface area (Å²) in [5.74, 6) is -1.49. The maximum Gasteiger partial charge on any atom is 0.278 e. The molecule has 0 aliphatic heterocycles. The van der Waals surface area contributed by atoms with Gasteiger partial charge in [-0.1, -0.05) is 23.7 Å². The molecule has 0 aliphatic carbocycles. The van der Waals surface area contributed by atoms with E-state index in [0.717, 1.165) is 4.90 Å². The van der Waals surface area contributed by atoms with E-state index in [0.29, 0.717) is 22.2 Å². The normalized spacial score (nSPS) is 10.5. The number of hydrogen-bond acceptors (Lipinski definition) is 5. The molecule has 0 bridgehead atoms. The van der Waals surface area contributed by atoms with Crippen LogP contribution in [0.5, 0.6) is 5.75 Å². The fourth-order valence-electron chi connectivity index (χ4n) is 3.00. The summed E-state index contributed by atoms with van der Waals surface area (Å²) < 4.78 is 20.6. The van der Waals surface area contributed by atoms with Crippen LogP contribution in [0.15, 0.2) is 53.3 Å². The summed E-state index contributed by atoms with van der Waals surface area (Å²) in [4.78, 5) is 38.7. The van der Waals surface area contributed by atoms with E-state index in [1.807, 2.05) is 0 Å². The smallest absolute Gasteiger partial charge is 0.278 e. The van der Waals surface area contributed by atoms with Crippen LogP contribution in [0.4, 0.5) is 10.1 Å². The number of halogens is 2. The lowest BCUT2D eigenvalue weighted by Gasteiger charge is -2.18. The first kappa shape index (κ1) is 23.0. The SMILES string of the molecule is COc1ccc(Cl)cc1NC(=O)CN(C)C(=O)c1nn(-c2ccccc2F)c(C)cc1=O. The monoisotopic (exact) mass is 458 g/mol. The predicted molar refractivity (Wildman–Crippen MR) is 118 cm³/mol. The summed E-state index contributed by atoms with van der Waals surface area (Å²) in [6.45, 7) is 1.20. The van der Waals surface area contributed by atoms with E-state index in [2.05, 4.69) is 10.4 Å². The first-order chi connectivity index (χ1) is 15.2. The van der Waals surface area contributed by atoms with Crippen molar-refractivity contribution in [3.8, 4) is 11.4 Å². The van der Waals surface area contributed by atoms with Crippen LogP contribution in [0.3, 0.4) is 0 Å². The van der Waals surface area contributed by atoms with Gasteiger partial charge in [0.05, 0.1) is 19.3 Å². The molecule has 2 aromatic carbocycles. The molecule has 0 spiro atoms. The van der Waals surface area contributed by atoms with E-state index in [4.69, 9.17) is 16.3 Å². The number of nitrogens with one attached hydrogen (secondary N) is 1. The fraction of sp³-hybridized carbons (Fsp3) is 0.182. The Bertz CT molecular complexity index is 1240. The number of aromatic nitrogens is 2. The largest absolute Gasteiger partial charge is 0.495 e. The van der Waals surface area contributed by atoms with E-state index in [1.54, 1.807) is 25.1 Å². The van der Waals surface area contributed by atoms with Crippen molar-refractivity contribution in [3.05, 3.63) is 81.0 Å². The highest BCUT2D eigenvalue weighted by Gasteiger charge is 2.22. The van der Waals surface area contributed by atoms with E-state index < -0.39 is 28.8 Å². The minimum absolute atomic E-state index is 0.0903.